The third-order valence-electron chi connectivity index (χ3n) is 3.68. The number of hydrogen-bond donors (Lipinski definition) is 2. The van der Waals surface area contributed by atoms with E-state index in [1.54, 1.807) is 48.5 Å². The molecule has 28 heavy (non-hydrogen) atoms. The Morgan fingerprint density at radius 1 is 0.750 bits per heavy atom. The van der Waals surface area contributed by atoms with Crippen LogP contribution in [0, 0.1) is 0 Å². The summed E-state index contributed by atoms with van der Waals surface area (Å²) < 4.78 is 27.2. The summed E-state index contributed by atoms with van der Waals surface area (Å²) in [5, 5.41) is 0. The van der Waals surface area contributed by atoms with Gasteiger partial charge in [-0.25, -0.2) is 13.2 Å². The van der Waals surface area contributed by atoms with Crippen molar-refractivity contribution < 1.29 is 22.8 Å². The van der Waals surface area contributed by atoms with Crippen molar-refractivity contribution >= 4 is 27.6 Å². The molecule has 1 amide bonds. The van der Waals surface area contributed by atoms with Crippen molar-refractivity contribution in [3.8, 4) is 0 Å². The second-order valence-corrected chi connectivity index (χ2v) is 7.37. The van der Waals surface area contributed by atoms with Gasteiger partial charge in [-0.15, -0.1) is 0 Å². The third-order valence-corrected chi connectivity index (χ3v) is 5.07. The van der Waals surface area contributed by atoms with Crippen molar-refractivity contribution in [3.05, 3.63) is 96.1 Å². The van der Waals surface area contributed by atoms with Crippen LogP contribution in [0.15, 0.2) is 89.8 Å². The predicted octanol–water partition coefficient (Wildman–Crippen LogP) is 2.99. The van der Waals surface area contributed by atoms with Crippen molar-refractivity contribution in [1.82, 2.24) is 5.48 Å². The van der Waals surface area contributed by atoms with E-state index in [9.17, 15) is 18.0 Å². The lowest BCUT2D eigenvalue weighted by atomic mass is 10.2. The summed E-state index contributed by atoms with van der Waals surface area (Å²) in [7, 11) is -3.78. The molecule has 2 N–H and O–H groups in total. The van der Waals surface area contributed by atoms with Crippen molar-refractivity contribution in [1.29, 1.82) is 0 Å². The Hall–Kier alpha value is -3.65. The summed E-state index contributed by atoms with van der Waals surface area (Å²) in [5.41, 5.74) is 2.66. The second-order valence-electron chi connectivity index (χ2n) is 5.69. The van der Waals surface area contributed by atoms with Crippen molar-refractivity contribution in [2.75, 3.05) is 4.72 Å². The lowest BCUT2D eigenvalue weighted by Gasteiger charge is -2.10. The number of nitrogens with one attached hydrogen (secondary N) is 2. The van der Waals surface area contributed by atoms with Crippen LogP contribution in [0.1, 0.15) is 20.7 Å². The van der Waals surface area contributed by atoms with Crippen LogP contribution in [0.4, 0.5) is 5.69 Å². The zero-order valence-corrected chi connectivity index (χ0v) is 15.3. The molecule has 0 spiro atoms. The fourth-order valence-electron chi connectivity index (χ4n) is 2.32. The number of carbonyl (C=O) groups excluding carboxylic acids is 2. The lowest BCUT2D eigenvalue weighted by molar-refractivity contribution is 0.0230. The van der Waals surface area contributed by atoms with Gasteiger partial charge < -0.3 is 4.84 Å². The van der Waals surface area contributed by atoms with Gasteiger partial charge in [-0.1, -0.05) is 42.5 Å². The predicted molar refractivity (Wildman–Crippen MR) is 103 cm³/mol. The molecule has 0 unspecified atom stereocenters. The van der Waals surface area contributed by atoms with Crippen LogP contribution in [0.5, 0.6) is 0 Å². The largest absolute Gasteiger partial charge is 0.362 e. The molecule has 0 saturated carbocycles. The molecule has 0 aromatic heterocycles. The van der Waals surface area contributed by atoms with Gasteiger partial charge in [0.25, 0.3) is 15.9 Å². The van der Waals surface area contributed by atoms with E-state index in [-0.39, 0.29) is 21.7 Å². The average molecular weight is 396 g/mol. The number of rotatable bonds is 5. The Labute approximate surface area is 162 Å². The number of sulfonamides is 1. The highest BCUT2D eigenvalue weighted by Gasteiger charge is 2.15. The van der Waals surface area contributed by atoms with Gasteiger partial charge in [-0.2, -0.15) is 5.48 Å². The maximum absolute atomic E-state index is 12.4. The van der Waals surface area contributed by atoms with Crippen LogP contribution in [0.25, 0.3) is 0 Å². The highest BCUT2D eigenvalue weighted by molar-refractivity contribution is 7.92. The van der Waals surface area contributed by atoms with E-state index >= 15 is 0 Å². The van der Waals surface area contributed by atoms with Gasteiger partial charge in [0.1, 0.15) is 0 Å². The first-order chi connectivity index (χ1) is 13.5. The van der Waals surface area contributed by atoms with Crippen molar-refractivity contribution in [2.24, 2.45) is 0 Å². The van der Waals surface area contributed by atoms with Crippen molar-refractivity contribution in [2.45, 2.75) is 4.90 Å². The fraction of sp³-hybridized carbons (Fsp3) is 0. The van der Waals surface area contributed by atoms with Gasteiger partial charge in [0.05, 0.1) is 10.5 Å². The van der Waals surface area contributed by atoms with Gasteiger partial charge in [0.2, 0.25) is 0 Å². The zero-order valence-electron chi connectivity index (χ0n) is 14.5. The van der Waals surface area contributed by atoms with E-state index in [2.05, 4.69) is 10.2 Å². The van der Waals surface area contributed by atoms with Crippen LogP contribution in [0.2, 0.25) is 0 Å². The average Bonchev–Trinajstić information content (AvgIpc) is 2.73. The van der Waals surface area contributed by atoms with Crippen LogP contribution in [-0.2, 0) is 14.9 Å². The molecule has 8 heteroatoms. The zero-order chi connectivity index (χ0) is 20.0. The molecule has 0 aliphatic rings. The minimum atomic E-state index is -3.78. The highest BCUT2D eigenvalue weighted by Crippen LogP contribution is 2.17. The first-order valence-electron chi connectivity index (χ1n) is 8.20. The maximum atomic E-state index is 12.4. The van der Waals surface area contributed by atoms with E-state index in [0.29, 0.717) is 0 Å². The van der Waals surface area contributed by atoms with Crippen LogP contribution in [-0.4, -0.2) is 20.3 Å². The Kier molecular flexibility index (Phi) is 5.71. The van der Waals surface area contributed by atoms with E-state index in [1.165, 1.54) is 36.4 Å². The topological polar surface area (TPSA) is 102 Å². The maximum Gasteiger partial charge on any atom is 0.362 e. The molecule has 0 fully saturated rings. The van der Waals surface area contributed by atoms with E-state index in [0.717, 1.165) is 0 Å². The standard InChI is InChI=1S/C20H16N2O5S/c23-19(21-27-20(24)15-8-3-1-4-9-15)16-10-7-11-17(14-16)22-28(25,26)18-12-5-2-6-13-18/h1-14,22H,(H,21,23). The molecule has 7 nitrogen and oxygen atoms in total. The summed E-state index contributed by atoms with van der Waals surface area (Å²) in [6.45, 7) is 0. The number of carbonyl (C=O) groups is 2. The van der Waals surface area contributed by atoms with Gasteiger partial charge in [0, 0.05) is 11.3 Å². The number of anilines is 1. The summed E-state index contributed by atoms with van der Waals surface area (Å²) in [6, 6.07) is 21.9. The van der Waals surface area contributed by atoms with Crippen LogP contribution in [0.3, 0.4) is 0 Å². The summed E-state index contributed by atoms with van der Waals surface area (Å²) in [6.07, 6.45) is 0. The Morgan fingerprint density at radius 3 is 2.04 bits per heavy atom. The van der Waals surface area contributed by atoms with Gasteiger partial charge in [0.15, 0.2) is 0 Å². The van der Waals surface area contributed by atoms with E-state index < -0.39 is 21.9 Å². The summed E-state index contributed by atoms with van der Waals surface area (Å²) in [5.74, 6) is -1.40. The molecule has 3 aromatic carbocycles. The molecule has 0 saturated heterocycles. The number of hydrogen-bond acceptors (Lipinski definition) is 5. The first-order valence-corrected chi connectivity index (χ1v) is 9.68. The third kappa shape index (κ3) is 4.74. The Morgan fingerprint density at radius 2 is 1.36 bits per heavy atom. The molecule has 3 rings (SSSR count). The molecule has 0 aliphatic carbocycles. The molecular formula is C20H16N2O5S. The summed E-state index contributed by atoms with van der Waals surface area (Å²) >= 11 is 0. The minimum absolute atomic E-state index is 0.0987. The highest BCUT2D eigenvalue weighted by atomic mass is 32.2. The molecular weight excluding hydrogens is 380 g/mol. The van der Waals surface area contributed by atoms with Gasteiger partial charge >= 0.3 is 5.97 Å². The van der Waals surface area contributed by atoms with Gasteiger partial charge in [-0.3, -0.25) is 9.52 Å². The second kappa shape index (κ2) is 8.36. The molecule has 0 aliphatic heterocycles. The SMILES string of the molecule is O=C(NOC(=O)c1ccccc1)c1cccc(NS(=O)(=O)c2ccccc2)c1. The number of hydroxylamine groups is 1. The molecule has 0 atom stereocenters. The minimum Gasteiger partial charge on any atom is -0.335 e. The molecule has 0 bridgehead atoms. The normalized spacial score (nSPS) is 10.7. The lowest BCUT2D eigenvalue weighted by Crippen LogP contribution is -2.27. The van der Waals surface area contributed by atoms with Crippen LogP contribution < -0.4 is 10.2 Å². The quantitative estimate of drug-likeness (QED) is 0.646. The molecule has 142 valence electrons. The smallest absolute Gasteiger partial charge is 0.335 e. The number of amides is 1. The number of benzene rings is 3. The Balaban J connectivity index is 1.67. The molecule has 3 aromatic rings. The van der Waals surface area contributed by atoms with Crippen molar-refractivity contribution in [3.63, 3.8) is 0 Å². The molecule has 0 radical (unpaired) electrons. The van der Waals surface area contributed by atoms with Crippen LogP contribution >= 0.6 is 0 Å². The molecule has 0 heterocycles. The van der Waals surface area contributed by atoms with E-state index in [4.69, 9.17) is 4.84 Å². The Bertz CT molecular complexity index is 1080. The monoisotopic (exact) mass is 396 g/mol. The first kappa shape index (κ1) is 19.1. The summed E-state index contributed by atoms with van der Waals surface area (Å²) in [4.78, 5) is 28.9. The van der Waals surface area contributed by atoms with Gasteiger partial charge in [-0.05, 0) is 42.5 Å². The van der Waals surface area contributed by atoms with E-state index in [1.807, 2.05) is 0 Å². The fourth-order valence-corrected chi connectivity index (χ4v) is 3.39.